The van der Waals surface area contributed by atoms with Gasteiger partial charge >= 0.3 is 5.97 Å². The zero-order chi connectivity index (χ0) is 11.4. The lowest BCUT2D eigenvalue weighted by atomic mass is 10.1. The van der Waals surface area contributed by atoms with E-state index in [4.69, 9.17) is 21.4 Å². The van der Waals surface area contributed by atoms with E-state index in [0.29, 0.717) is 11.3 Å². The molecule has 1 aromatic carbocycles. The van der Waals surface area contributed by atoms with Crippen molar-refractivity contribution >= 4 is 17.6 Å². The van der Waals surface area contributed by atoms with Gasteiger partial charge in [0.05, 0.1) is 31.4 Å². The molecule has 1 aromatic rings. The Morgan fingerprint density at radius 2 is 2.13 bits per heavy atom. The van der Waals surface area contributed by atoms with Crippen LogP contribution in [0.3, 0.4) is 0 Å². The first-order chi connectivity index (χ1) is 7.13. The minimum atomic E-state index is -0.539. The van der Waals surface area contributed by atoms with Gasteiger partial charge in [0.1, 0.15) is 5.75 Å². The molecule has 0 aliphatic carbocycles. The molecule has 15 heavy (non-hydrogen) atoms. The number of hydrogen-bond acceptors (Lipinski definition) is 4. The quantitative estimate of drug-likeness (QED) is 0.802. The molecule has 0 aliphatic heterocycles. The number of esters is 1. The van der Waals surface area contributed by atoms with Crippen LogP contribution in [0.15, 0.2) is 12.1 Å². The Kier molecular flexibility index (Phi) is 3.94. The zero-order valence-corrected chi connectivity index (χ0v) is 9.17. The van der Waals surface area contributed by atoms with Gasteiger partial charge in [0.2, 0.25) is 0 Å². The van der Waals surface area contributed by atoms with Crippen molar-refractivity contribution in [1.29, 1.82) is 0 Å². The summed E-state index contributed by atoms with van der Waals surface area (Å²) in [6, 6.07) is 2.92. The van der Waals surface area contributed by atoms with Crippen LogP contribution in [0.1, 0.15) is 15.9 Å². The molecular weight excluding hydrogens is 220 g/mol. The van der Waals surface area contributed by atoms with Crippen LogP contribution in [0.2, 0.25) is 5.02 Å². The van der Waals surface area contributed by atoms with Crippen molar-refractivity contribution in [3.63, 3.8) is 0 Å². The molecule has 5 heteroatoms. The third-order valence-corrected chi connectivity index (χ3v) is 2.26. The van der Waals surface area contributed by atoms with Crippen LogP contribution in [0.25, 0.3) is 0 Å². The molecule has 1 rings (SSSR count). The lowest BCUT2D eigenvalue weighted by Gasteiger charge is -2.09. The van der Waals surface area contributed by atoms with E-state index in [1.165, 1.54) is 26.4 Å². The van der Waals surface area contributed by atoms with Crippen molar-refractivity contribution in [1.82, 2.24) is 0 Å². The standard InChI is InChI=1S/C10H11ClO4/c1-14-9-4-7(10(13)15-2)8(11)3-6(9)5-12/h3-4,12H,5H2,1-2H3. The summed E-state index contributed by atoms with van der Waals surface area (Å²) in [5.41, 5.74) is 0.739. The molecule has 0 spiro atoms. The van der Waals surface area contributed by atoms with Crippen LogP contribution >= 0.6 is 11.6 Å². The van der Waals surface area contributed by atoms with Gasteiger partial charge in [-0.15, -0.1) is 0 Å². The number of ether oxygens (including phenoxy) is 2. The van der Waals surface area contributed by atoms with E-state index in [-0.39, 0.29) is 17.2 Å². The molecule has 0 saturated heterocycles. The lowest BCUT2D eigenvalue weighted by Crippen LogP contribution is -2.04. The predicted molar refractivity (Wildman–Crippen MR) is 55.3 cm³/mol. The Bertz CT molecular complexity index is 376. The van der Waals surface area contributed by atoms with E-state index >= 15 is 0 Å². The average molecular weight is 231 g/mol. The number of methoxy groups -OCH3 is 2. The summed E-state index contributed by atoms with van der Waals surface area (Å²) in [6.07, 6.45) is 0. The maximum Gasteiger partial charge on any atom is 0.339 e. The van der Waals surface area contributed by atoms with Gasteiger partial charge in [-0.1, -0.05) is 11.6 Å². The first-order valence-electron chi connectivity index (χ1n) is 4.19. The van der Waals surface area contributed by atoms with Crippen molar-refractivity contribution in [2.24, 2.45) is 0 Å². The molecule has 0 unspecified atom stereocenters. The highest BCUT2D eigenvalue weighted by Crippen LogP contribution is 2.27. The van der Waals surface area contributed by atoms with Gasteiger partial charge in [-0.3, -0.25) is 0 Å². The van der Waals surface area contributed by atoms with Gasteiger partial charge in [-0.05, 0) is 12.1 Å². The highest BCUT2D eigenvalue weighted by atomic mass is 35.5. The molecule has 0 aromatic heterocycles. The Labute approximate surface area is 92.4 Å². The number of benzene rings is 1. The molecule has 0 fully saturated rings. The zero-order valence-electron chi connectivity index (χ0n) is 8.41. The van der Waals surface area contributed by atoms with Crippen LogP contribution in [0.5, 0.6) is 5.75 Å². The van der Waals surface area contributed by atoms with Gasteiger partial charge < -0.3 is 14.6 Å². The molecule has 4 nitrogen and oxygen atoms in total. The first kappa shape index (κ1) is 11.8. The third-order valence-electron chi connectivity index (χ3n) is 1.95. The van der Waals surface area contributed by atoms with Gasteiger partial charge in [-0.25, -0.2) is 4.79 Å². The molecule has 0 amide bonds. The number of aliphatic hydroxyl groups excluding tert-OH is 1. The van der Waals surface area contributed by atoms with E-state index < -0.39 is 5.97 Å². The minimum Gasteiger partial charge on any atom is -0.496 e. The Morgan fingerprint density at radius 3 is 2.60 bits per heavy atom. The second-order valence-electron chi connectivity index (χ2n) is 2.79. The number of aliphatic hydroxyl groups is 1. The second-order valence-corrected chi connectivity index (χ2v) is 3.20. The number of halogens is 1. The van der Waals surface area contributed by atoms with Gasteiger partial charge in [0.15, 0.2) is 0 Å². The van der Waals surface area contributed by atoms with E-state index in [9.17, 15) is 4.79 Å². The summed E-state index contributed by atoms with van der Waals surface area (Å²) in [4.78, 5) is 11.3. The summed E-state index contributed by atoms with van der Waals surface area (Å²) in [7, 11) is 2.72. The SMILES string of the molecule is COC(=O)c1cc(OC)c(CO)cc1Cl. The molecule has 0 aliphatic rings. The van der Waals surface area contributed by atoms with Crippen LogP contribution in [-0.4, -0.2) is 25.3 Å². The van der Waals surface area contributed by atoms with Crippen molar-refractivity contribution in [2.75, 3.05) is 14.2 Å². The summed E-state index contributed by atoms with van der Waals surface area (Å²) in [5.74, 6) is -0.134. The highest BCUT2D eigenvalue weighted by molar-refractivity contribution is 6.33. The molecule has 0 atom stereocenters. The lowest BCUT2D eigenvalue weighted by molar-refractivity contribution is 0.0600. The largest absolute Gasteiger partial charge is 0.496 e. The third kappa shape index (κ3) is 2.40. The average Bonchev–Trinajstić information content (AvgIpc) is 2.27. The van der Waals surface area contributed by atoms with E-state index in [0.717, 1.165) is 0 Å². The topological polar surface area (TPSA) is 55.8 Å². The van der Waals surface area contributed by atoms with Gasteiger partial charge in [0.25, 0.3) is 0 Å². The summed E-state index contributed by atoms with van der Waals surface area (Å²) >= 11 is 5.84. The van der Waals surface area contributed by atoms with E-state index in [1.54, 1.807) is 0 Å². The molecule has 0 radical (unpaired) electrons. The minimum absolute atomic E-state index is 0.204. The summed E-state index contributed by atoms with van der Waals surface area (Å²) in [6.45, 7) is -0.204. The van der Waals surface area contributed by atoms with Gasteiger partial charge in [-0.2, -0.15) is 0 Å². The van der Waals surface area contributed by atoms with E-state index in [2.05, 4.69) is 4.74 Å². The second kappa shape index (κ2) is 5.00. The number of carbonyl (C=O) groups is 1. The van der Waals surface area contributed by atoms with Crippen molar-refractivity contribution in [3.8, 4) is 5.75 Å². The van der Waals surface area contributed by atoms with Crippen LogP contribution in [0.4, 0.5) is 0 Å². The summed E-state index contributed by atoms with van der Waals surface area (Å²) in [5, 5.41) is 9.23. The van der Waals surface area contributed by atoms with E-state index in [1.807, 2.05) is 0 Å². The fraction of sp³-hybridized carbons (Fsp3) is 0.300. The van der Waals surface area contributed by atoms with Crippen LogP contribution in [-0.2, 0) is 11.3 Å². The van der Waals surface area contributed by atoms with Crippen molar-refractivity contribution in [3.05, 3.63) is 28.3 Å². The molecule has 82 valence electrons. The molecule has 1 N–H and O–H groups in total. The Hall–Kier alpha value is -1.26. The maximum absolute atomic E-state index is 11.3. The molecular formula is C10H11ClO4. The normalized spacial score (nSPS) is 9.87. The highest BCUT2D eigenvalue weighted by Gasteiger charge is 2.14. The van der Waals surface area contributed by atoms with Gasteiger partial charge in [0, 0.05) is 5.56 Å². The van der Waals surface area contributed by atoms with Crippen molar-refractivity contribution < 1.29 is 19.4 Å². The van der Waals surface area contributed by atoms with Crippen molar-refractivity contribution in [2.45, 2.75) is 6.61 Å². The fourth-order valence-electron chi connectivity index (χ4n) is 1.17. The molecule has 0 bridgehead atoms. The fourth-order valence-corrected chi connectivity index (χ4v) is 1.44. The smallest absolute Gasteiger partial charge is 0.339 e. The molecule has 0 saturated carbocycles. The maximum atomic E-state index is 11.3. The van der Waals surface area contributed by atoms with Crippen LogP contribution in [0, 0.1) is 0 Å². The Morgan fingerprint density at radius 1 is 1.47 bits per heavy atom. The number of hydrogen-bond donors (Lipinski definition) is 1. The molecule has 0 heterocycles. The number of rotatable bonds is 3. The number of carbonyl (C=O) groups excluding carboxylic acids is 1. The first-order valence-corrected chi connectivity index (χ1v) is 4.57. The van der Waals surface area contributed by atoms with Crippen LogP contribution < -0.4 is 4.74 Å². The Balaban J connectivity index is 3.25. The monoisotopic (exact) mass is 230 g/mol. The summed E-state index contributed by atoms with van der Waals surface area (Å²) < 4.78 is 9.55. The predicted octanol–water partition coefficient (Wildman–Crippen LogP) is 1.63.